The molecular weight excluding hydrogens is 411 g/mol. The normalized spacial score (nSPS) is 14.7. The number of nitrogens with two attached hydrogens (primary N) is 1. The molecule has 1 aliphatic rings. The van der Waals surface area contributed by atoms with Crippen molar-refractivity contribution in [3.8, 4) is 0 Å². The Hall–Kier alpha value is -2.15. The molecule has 29 heavy (non-hydrogen) atoms. The molecule has 0 unspecified atom stereocenters. The fraction of sp³-hybridized carbons (Fsp3) is 0.381. The molecule has 0 saturated heterocycles. The van der Waals surface area contributed by atoms with Crippen LogP contribution in [0.1, 0.15) is 48.9 Å². The second-order valence-corrected chi connectivity index (χ2v) is 7.24. The predicted molar refractivity (Wildman–Crippen MR) is 121 cm³/mol. The summed E-state index contributed by atoms with van der Waals surface area (Å²) in [6, 6.07) is 12.4. The molecule has 1 saturated carbocycles. The number of rotatable bonds is 6. The molecule has 6 nitrogen and oxygen atoms in total. The molecule has 2 aromatic rings. The van der Waals surface area contributed by atoms with Crippen molar-refractivity contribution in [3.05, 3.63) is 54.2 Å². The van der Waals surface area contributed by atoms with E-state index >= 15 is 0 Å². The van der Waals surface area contributed by atoms with Crippen LogP contribution in [0.2, 0.25) is 0 Å². The Morgan fingerprint density at radius 2 is 1.66 bits per heavy atom. The number of nitrogens with one attached hydrogen (secondary N) is 2. The molecule has 8 heteroatoms. The third-order valence-corrected chi connectivity index (χ3v) is 5.21. The maximum Gasteiger partial charge on any atom is 0.256 e. The molecule has 1 heterocycles. The second-order valence-electron chi connectivity index (χ2n) is 7.24. The van der Waals surface area contributed by atoms with Gasteiger partial charge in [0.1, 0.15) is 5.82 Å². The minimum atomic E-state index is -0.220. The van der Waals surface area contributed by atoms with Crippen LogP contribution in [0.4, 0.5) is 11.5 Å². The fourth-order valence-electron chi connectivity index (χ4n) is 3.62. The first-order chi connectivity index (χ1) is 13.1. The number of halogens is 2. The molecule has 1 fully saturated rings. The minimum Gasteiger partial charge on any atom is -0.330 e. The average molecular weight is 439 g/mol. The number of aromatic nitrogens is 1. The Morgan fingerprint density at radius 1 is 0.966 bits per heavy atom. The van der Waals surface area contributed by atoms with Crippen LogP contribution >= 0.6 is 24.8 Å². The van der Waals surface area contributed by atoms with Crippen LogP contribution in [0.5, 0.6) is 0 Å². The number of pyridine rings is 1. The maximum absolute atomic E-state index is 12.4. The number of amides is 2. The molecule has 4 N–H and O–H groups in total. The third-order valence-electron chi connectivity index (χ3n) is 5.21. The number of nitrogens with zero attached hydrogens (tertiary/aromatic N) is 1. The molecule has 1 aliphatic carbocycles. The molecule has 0 aliphatic heterocycles. The Labute approximate surface area is 183 Å². The van der Waals surface area contributed by atoms with Crippen LogP contribution < -0.4 is 16.4 Å². The number of benzene rings is 1. The predicted octanol–water partition coefficient (Wildman–Crippen LogP) is 4.42. The summed E-state index contributed by atoms with van der Waals surface area (Å²) in [5.41, 5.74) is 7.07. The first-order valence-electron chi connectivity index (χ1n) is 9.43. The Bertz CT molecular complexity index is 779. The molecule has 0 spiro atoms. The van der Waals surface area contributed by atoms with Crippen molar-refractivity contribution in [1.29, 1.82) is 0 Å². The largest absolute Gasteiger partial charge is 0.330 e. The zero-order chi connectivity index (χ0) is 19.1. The fourth-order valence-corrected chi connectivity index (χ4v) is 3.62. The van der Waals surface area contributed by atoms with E-state index in [4.69, 9.17) is 5.73 Å². The van der Waals surface area contributed by atoms with Gasteiger partial charge in [-0.15, -0.1) is 24.8 Å². The van der Waals surface area contributed by atoms with Crippen molar-refractivity contribution in [2.45, 2.75) is 38.5 Å². The van der Waals surface area contributed by atoms with Gasteiger partial charge in [-0.05, 0) is 49.1 Å². The highest BCUT2D eigenvalue weighted by Gasteiger charge is 2.32. The topological polar surface area (TPSA) is 97.1 Å². The SMILES string of the molecule is Cl.Cl.NCC1(CC(=O)Nc2ccc(NC(=O)c3ccccc3)nc2)CCCCC1. The lowest BCUT2D eigenvalue weighted by atomic mass is 9.71. The van der Waals surface area contributed by atoms with E-state index in [2.05, 4.69) is 15.6 Å². The number of hydrogen-bond donors (Lipinski definition) is 3. The lowest BCUT2D eigenvalue weighted by molar-refractivity contribution is -0.118. The zero-order valence-electron chi connectivity index (χ0n) is 16.2. The van der Waals surface area contributed by atoms with E-state index in [0.29, 0.717) is 30.0 Å². The van der Waals surface area contributed by atoms with Crippen molar-refractivity contribution in [2.24, 2.45) is 11.1 Å². The number of hydrogen-bond acceptors (Lipinski definition) is 4. The van der Waals surface area contributed by atoms with Gasteiger partial charge >= 0.3 is 0 Å². The van der Waals surface area contributed by atoms with Crippen LogP contribution in [0.15, 0.2) is 48.7 Å². The third kappa shape index (κ3) is 6.99. The summed E-state index contributed by atoms with van der Waals surface area (Å²) in [6.07, 6.45) is 7.52. The summed E-state index contributed by atoms with van der Waals surface area (Å²) < 4.78 is 0. The average Bonchev–Trinajstić information content (AvgIpc) is 2.70. The maximum atomic E-state index is 12.4. The second kappa shape index (κ2) is 11.8. The van der Waals surface area contributed by atoms with Gasteiger partial charge in [0.2, 0.25) is 5.91 Å². The van der Waals surface area contributed by atoms with Gasteiger partial charge in [0.15, 0.2) is 0 Å². The highest BCUT2D eigenvalue weighted by molar-refractivity contribution is 6.03. The molecule has 158 valence electrons. The molecule has 0 radical (unpaired) electrons. The van der Waals surface area contributed by atoms with Crippen LogP contribution in [-0.4, -0.2) is 23.3 Å². The minimum absolute atomic E-state index is 0. The van der Waals surface area contributed by atoms with Crippen LogP contribution in [-0.2, 0) is 4.79 Å². The Morgan fingerprint density at radius 3 is 2.24 bits per heavy atom. The zero-order valence-corrected chi connectivity index (χ0v) is 17.9. The lowest BCUT2D eigenvalue weighted by Gasteiger charge is -2.35. The standard InChI is InChI=1S/C21H26N4O2.2ClH/c22-15-21(11-5-2-6-12-21)13-19(26)24-17-9-10-18(23-14-17)25-20(27)16-7-3-1-4-8-16;;/h1,3-4,7-10,14H,2,5-6,11-13,15,22H2,(H,24,26)(H,23,25,27);2*1H. The molecule has 1 aromatic carbocycles. The number of carbonyl (C=O) groups excluding carboxylic acids is 2. The summed E-state index contributed by atoms with van der Waals surface area (Å²) in [7, 11) is 0. The summed E-state index contributed by atoms with van der Waals surface area (Å²) in [5, 5.41) is 5.63. The van der Waals surface area contributed by atoms with Crippen molar-refractivity contribution in [2.75, 3.05) is 17.2 Å². The van der Waals surface area contributed by atoms with Crippen molar-refractivity contribution in [3.63, 3.8) is 0 Å². The molecule has 0 atom stereocenters. The van der Waals surface area contributed by atoms with Gasteiger partial charge in [-0.3, -0.25) is 9.59 Å². The summed E-state index contributed by atoms with van der Waals surface area (Å²) >= 11 is 0. The number of carbonyl (C=O) groups is 2. The highest BCUT2D eigenvalue weighted by Crippen LogP contribution is 2.38. The monoisotopic (exact) mass is 438 g/mol. The summed E-state index contributed by atoms with van der Waals surface area (Å²) in [4.78, 5) is 28.8. The van der Waals surface area contributed by atoms with E-state index in [-0.39, 0.29) is 42.0 Å². The highest BCUT2D eigenvalue weighted by atomic mass is 35.5. The van der Waals surface area contributed by atoms with Gasteiger partial charge in [-0.2, -0.15) is 0 Å². The van der Waals surface area contributed by atoms with Gasteiger partial charge in [-0.1, -0.05) is 37.5 Å². The Balaban J connectivity index is 0.00000210. The van der Waals surface area contributed by atoms with Gasteiger partial charge in [0.25, 0.3) is 5.91 Å². The molecule has 3 rings (SSSR count). The molecular formula is C21H28Cl2N4O2. The van der Waals surface area contributed by atoms with Crippen LogP contribution in [0.25, 0.3) is 0 Å². The van der Waals surface area contributed by atoms with Gasteiger partial charge in [0, 0.05) is 12.0 Å². The summed E-state index contributed by atoms with van der Waals surface area (Å²) in [6.45, 7) is 0.545. The molecule has 2 amide bonds. The van der Waals surface area contributed by atoms with Crippen LogP contribution in [0, 0.1) is 5.41 Å². The van der Waals surface area contributed by atoms with Crippen molar-refractivity contribution >= 4 is 48.1 Å². The smallest absolute Gasteiger partial charge is 0.256 e. The van der Waals surface area contributed by atoms with E-state index in [1.165, 1.54) is 6.42 Å². The first-order valence-corrected chi connectivity index (χ1v) is 9.43. The van der Waals surface area contributed by atoms with E-state index in [0.717, 1.165) is 25.7 Å². The summed E-state index contributed by atoms with van der Waals surface area (Å²) in [5.74, 6) is 0.180. The first kappa shape index (κ1) is 24.9. The van der Waals surface area contributed by atoms with Gasteiger partial charge in [-0.25, -0.2) is 4.98 Å². The van der Waals surface area contributed by atoms with E-state index < -0.39 is 0 Å². The Kier molecular flexibility index (Phi) is 10.1. The quantitative estimate of drug-likeness (QED) is 0.621. The van der Waals surface area contributed by atoms with Gasteiger partial charge < -0.3 is 16.4 Å². The van der Waals surface area contributed by atoms with E-state index in [1.807, 2.05) is 6.07 Å². The number of anilines is 2. The molecule has 1 aromatic heterocycles. The van der Waals surface area contributed by atoms with Crippen LogP contribution in [0.3, 0.4) is 0 Å². The molecule has 0 bridgehead atoms. The van der Waals surface area contributed by atoms with Gasteiger partial charge in [0.05, 0.1) is 11.9 Å². The van der Waals surface area contributed by atoms with Crippen molar-refractivity contribution < 1.29 is 9.59 Å². The lowest BCUT2D eigenvalue weighted by Crippen LogP contribution is -2.36. The van der Waals surface area contributed by atoms with E-state index in [9.17, 15) is 9.59 Å². The van der Waals surface area contributed by atoms with Crippen molar-refractivity contribution in [1.82, 2.24) is 4.98 Å². The van der Waals surface area contributed by atoms with E-state index in [1.54, 1.807) is 42.6 Å².